The van der Waals surface area contributed by atoms with Gasteiger partial charge in [-0.1, -0.05) is 24.3 Å². The summed E-state index contributed by atoms with van der Waals surface area (Å²) in [6.07, 6.45) is 0. The van der Waals surface area contributed by atoms with Gasteiger partial charge in [-0.2, -0.15) is 0 Å². The van der Waals surface area contributed by atoms with Crippen LogP contribution in [0.1, 0.15) is 11.1 Å². The highest BCUT2D eigenvalue weighted by atomic mass is 19.1. The lowest BCUT2D eigenvalue weighted by Gasteiger charge is -2.21. The van der Waals surface area contributed by atoms with Crippen LogP contribution in [-0.4, -0.2) is 29.7 Å². The van der Waals surface area contributed by atoms with E-state index in [0.717, 1.165) is 16.9 Å². The Hall–Kier alpha value is -2.44. The molecule has 0 aliphatic carbocycles. The maximum atomic E-state index is 13.0. The van der Waals surface area contributed by atoms with E-state index < -0.39 is 5.91 Å². The Morgan fingerprint density at radius 1 is 1.09 bits per heavy atom. The Balaban J connectivity index is 2.09. The van der Waals surface area contributed by atoms with Crippen LogP contribution in [-0.2, 0) is 17.9 Å². The van der Waals surface area contributed by atoms with Gasteiger partial charge in [0.1, 0.15) is 11.6 Å². The van der Waals surface area contributed by atoms with Gasteiger partial charge in [-0.25, -0.2) is 9.87 Å². The molecule has 5 nitrogen and oxygen atoms in total. The Kier molecular flexibility index (Phi) is 6.08. The van der Waals surface area contributed by atoms with E-state index in [4.69, 9.17) is 9.94 Å². The van der Waals surface area contributed by atoms with Crippen LogP contribution >= 0.6 is 0 Å². The first-order valence-corrected chi connectivity index (χ1v) is 7.13. The molecule has 0 fully saturated rings. The Bertz CT molecular complexity index is 629. The highest BCUT2D eigenvalue weighted by Gasteiger charge is 2.12. The molecule has 0 spiro atoms. The molecule has 0 aliphatic rings. The van der Waals surface area contributed by atoms with Crippen molar-refractivity contribution in [1.82, 2.24) is 10.4 Å². The van der Waals surface area contributed by atoms with Gasteiger partial charge in [0.2, 0.25) is 0 Å². The van der Waals surface area contributed by atoms with Gasteiger partial charge < -0.3 is 4.74 Å². The molecule has 1 amide bonds. The number of nitrogens with zero attached hydrogens (tertiary/aromatic N) is 1. The Morgan fingerprint density at radius 3 is 2.09 bits per heavy atom. The van der Waals surface area contributed by atoms with Crippen LogP contribution in [0.3, 0.4) is 0 Å². The third-order valence-electron chi connectivity index (χ3n) is 3.38. The maximum absolute atomic E-state index is 13.0. The monoisotopic (exact) mass is 318 g/mol. The number of carbonyl (C=O) groups excluding carboxylic acids is 1. The highest BCUT2D eigenvalue weighted by Crippen LogP contribution is 2.15. The molecule has 122 valence electrons. The largest absolute Gasteiger partial charge is 0.497 e. The van der Waals surface area contributed by atoms with Crippen LogP contribution < -0.4 is 10.2 Å². The SMILES string of the molecule is COc1ccc(CN(CC(=O)NO)Cc2ccc(F)cc2)cc1. The number of methoxy groups -OCH3 is 1. The van der Waals surface area contributed by atoms with Gasteiger partial charge in [0.25, 0.3) is 5.91 Å². The van der Waals surface area contributed by atoms with E-state index in [1.54, 1.807) is 24.7 Å². The van der Waals surface area contributed by atoms with E-state index in [9.17, 15) is 9.18 Å². The summed E-state index contributed by atoms with van der Waals surface area (Å²) in [7, 11) is 1.60. The van der Waals surface area contributed by atoms with Crippen molar-refractivity contribution in [3.8, 4) is 5.75 Å². The molecular formula is C17H19FN2O3. The second-order valence-corrected chi connectivity index (χ2v) is 5.15. The molecule has 2 aromatic carbocycles. The van der Waals surface area contributed by atoms with Crippen molar-refractivity contribution in [3.63, 3.8) is 0 Å². The van der Waals surface area contributed by atoms with Crippen molar-refractivity contribution in [2.24, 2.45) is 0 Å². The normalized spacial score (nSPS) is 10.6. The van der Waals surface area contributed by atoms with Gasteiger partial charge in [0, 0.05) is 13.1 Å². The van der Waals surface area contributed by atoms with Crippen LogP contribution in [0.25, 0.3) is 0 Å². The van der Waals surface area contributed by atoms with Crippen molar-refractivity contribution in [1.29, 1.82) is 0 Å². The lowest BCUT2D eigenvalue weighted by Crippen LogP contribution is -2.35. The summed E-state index contributed by atoms with van der Waals surface area (Å²) in [5.41, 5.74) is 3.51. The van der Waals surface area contributed by atoms with Gasteiger partial charge in [-0.05, 0) is 35.4 Å². The van der Waals surface area contributed by atoms with Gasteiger partial charge in [-0.3, -0.25) is 14.9 Å². The van der Waals surface area contributed by atoms with Crippen molar-refractivity contribution in [3.05, 3.63) is 65.5 Å². The van der Waals surface area contributed by atoms with Crippen molar-refractivity contribution >= 4 is 5.91 Å². The average molecular weight is 318 g/mol. The molecule has 2 rings (SSSR count). The molecule has 0 aromatic heterocycles. The second-order valence-electron chi connectivity index (χ2n) is 5.15. The lowest BCUT2D eigenvalue weighted by atomic mass is 10.1. The number of nitrogens with one attached hydrogen (secondary N) is 1. The fraction of sp³-hybridized carbons (Fsp3) is 0.235. The number of halogens is 1. The quantitative estimate of drug-likeness (QED) is 0.608. The fourth-order valence-corrected chi connectivity index (χ4v) is 2.24. The summed E-state index contributed by atoms with van der Waals surface area (Å²) in [5.74, 6) is -0.0453. The van der Waals surface area contributed by atoms with E-state index in [-0.39, 0.29) is 12.4 Å². The molecule has 0 heterocycles. The van der Waals surface area contributed by atoms with Crippen LogP contribution in [0, 0.1) is 5.82 Å². The molecule has 6 heteroatoms. The average Bonchev–Trinajstić information content (AvgIpc) is 2.57. The number of hydrogen-bond donors (Lipinski definition) is 2. The predicted octanol–water partition coefficient (Wildman–Crippen LogP) is 2.34. The van der Waals surface area contributed by atoms with Crippen LogP contribution in [0.4, 0.5) is 4.39 Å². The number of amides is 1. The van der Waals surface area contributed by atoms with E-state index >= 15 is 0 Å². The second kappa shape index (κ2) is 8.26. The molecule has 23 heavy (non-hydrogen) atoms. The van der Waals surface area contributed by atoms with Gasteiger partial charge in [0.05, 0.1) is 13.7 Å². The smallest absolute Gasteiger partial charge is 0.257 e. The van der Waals surface area contributed by atoms with E-state index in [1.165, 1.54) is 12.1 Å². The number of rotatable bonds is 7. The zero-order valence-electron chi connectivity index (χ0n) is 12.8. The fourth-order valence-electron chi connectivity index (χ4n) is 2.24. The van der Waals surface area contributed by atoms with Crippen molar-refractivity contribution < 1.29 is 19.1 Å². The van der Waals surface area contributed by atoms with Crippen molar-refractivity contribution in [2.75, 3.05) is 13.7 Å². The summed E-state index contributed by atoms with van der Waals surface area (Å²) in [6, 6.07) is 13.6. The van der Waals surface area contributed by atoms with E-state index in [1.807, 2.05) is 29.2 Å². The van der Waals surface area contributed by atoms with Crippen LogP contribution in [0.2, 0.25) is 0 Å². The zero-order chi connectivity index (χ0) is 16.7. The summed E-state index contributed by atoms with van der Waals surface area (Å²) in [5, 5.41) is 8.73. The topological polar surface area (TPSA) is 61.8 Å². The van der Waals surface area contributed by atoms with E-state index in [0.29, 0.717) is 13.1 Å². The summed E-state index contributed by atoms with van der Waals surface area (Å²) < 4.78 is 18.1. The number of benzene rings is 2. The molecule has 2 aromatic rings. The standard InChI is InChI=1S/C17H19FN2O3/c1-23-16-8-4-14(5-9-16)11-20(12-17(21)19-22)10-13-2-6-15(18)7-3-13/h2-9,22H,10-12H2,1H3,(H,19,21). The Labute approximate surface area is 134 Å². The number of ether oxygens (including phenoxy) is 1. The number of carbonyl (C=O) groups is 1. The highest BCUT2D eigenvalue weighted by molar-refractivity contribution is 5.76. The minimum Gasteiger partial charge on any atom is -0.497 e. The maximum Gasteiger partial charge on any atom is 0.257 e. The minimum atomic E-state index is -0.499. The summed E-state index contributed by atoms with van der Waals surface area (Å²) in [6.45, 7) is 0.994. The van der Waals surface area contributed by atoms with Gasteiger partial charge >= 0.3 is 0 Å². The predicted molar refractivity (Wildman–Crippen MR) is 83.4 cm³/mol. The molecule has 2 N–H and O–H groups in total. The number of hydroxylamine groups is 1. The minimum absolute atomic E-state index is 0.0277. The number of hydrogen-bond acceptors (Lipinski definition) is 4. The van der Waals surface area contributed by atoms with Crippen molar-refractivity contribution in [2.45, 2.75) is 13.1 Å². The lowest BCUT2D eigenvalue weighted by molar-refractivity contribution is -0.130. The first kappa shape index (κ1) is 16.9. The molecule has 0 aliphatic heterocycles. The summed E-state index contributed by atoms with van der Waals surface area (Å²) in [4.78, 5) is 13.3. The third kappa shape index (κ3) is 5.36. The molecule has 0 atom stereocenters. The third-order valence-corrected chi connectivity index (χ3v) is 3.38. The molecule has 0 saturated heterocycles. The molecule has 0 saturated carbocycles. The molecule has 0 unspecified atom stereocenters. The Morgan fingerprint density at radius 2 is 1.61 bits per heavy atom. The van der Waals surface area contributed by atoms with E-state index in [2.05, 4.69) is 0 Å². The zero-order valence-corrected chi connectivity index (χ0v) is 12.8. The summed E-state index contributed by atoms with van der Waals surface area (Å²) >= 11 is 0. The van der Waals surface area contributed by atoms with Gasteiger partial charge in [0.15, 0.2) is 0 Å². The first-order valence-electron chi connectivity index (χ1n) is 7.13. The molecule has 0 radical (unpaired) electrons. The van der Waals surface area contributed by atoms with Gasteiger partial charge in [-0.15, -0.1) is 0 Å². The first-order chi connectivity index (χ1) is 11.1. The van der Waals surface area contributed by atoms with Crippen LogP contribution in [0.5, 0.6) is 5.75 Å². The van der Waals surface area contributed by atoms with Crippen LogP contribution in [0.15, 0.2) is 48.5 Å². The molecular weight excluding hydrogens is 299 g/mol. The molecule has 0 bridgehead atoms.